The van der Waals surface area contributed by atoms with Crippen LogP contribution in [0.15, 0.2) is 36.4 Å². The molecule has 0 bridgehead atoms. The SMILES string of the molecule is Cc1cc(Nc2ccc(N(CCO)CCO)cc2)c(NCC(N)=O)cc1O. The Bertz CT molecular complexity index is 759. The molecule has 0 saturated heterocycles. The van der Waals surface area contributed by atoms with Gasteiger partial charge in [0.05, 0.1) is 31.1 Å². The van der Waals surface area contributed by atoms with Crippen molar-refractivity contribution in [3.63, 3.8) is 0 Å². The Morgan fingerprint density at radius 2 is 1.70 bits per heavy atom. The number of hydrogen-bond donors (Lipinski definition) is 6. The summed E-state index contributed by atoms with van der Waals surface area (Å²) >= 11 is 0. The first-order chi connectivity index (χ1) is 12.9. The molecule has 8 nitrogen and oxygen atoms in total. The molecule has 0 fully saturated rings. The largest absolute Gasteiger partial charge is 0.508 e. The zero-order valence-electron chi connectivity index (χ0n) is 15.3. The number of amides is 1. The average Bonchev–Trinajstić information content (AvgIpc) is 2.64. The summed E-state index contributed by atoms with van der Waals surface area (Å²) in [6, 6.07) is 10.8. The van der Waals surface area contributed by atoms with E-state index in [2.05, 4.69) is 10.6 Å². The highest BCUT2D eigenvalue weighted by Gasteiger charge is 2.10. The summed E-state index contributed by atoms with van der Waals surface area (Å²) in [7, 11) is 0. The molecule has 0 radical (unpaired) electrons. The zero-order valence-corrected chi connectivity index (χ0v) is 15.3. The first kappa shape index (κ1) is 20.3. The van der Waals surface area contributed by atoms with E-state index in [-0.39, 0.29) is 25.5 Å². The molecule has 0 atom stereocenters. The van der Waals surface area contributed by atoms with Gasteiger partial charge in [0.1, 0.15) is 5.75 Å². The highest BCUT2D eigenvalue weighted by Crippen LogP contribution is 2.32. The monoisotopic (exact) mass is 374 g/mol. The third-order valence-corrected chi connectivity index (χ3v) is 4.04. The van der Waals surface area contributed by atoms with Crippen molar-refractivity contribution in [2.75, 3.05) is 48.4 Å². The summed E-state index contributed by atoms with van der Waals surface area (Å²) in [6.45, 7) is 2.61. The molecule has 0 aliphatic heterocycles. The quantitative estimate of drug-likeness (QED) is 0.344. The third-order valence-electron chi connectivity index (χ3n) is 4.04. The van der Waals surface area contributed by atoms with Gasteiger partial charge in [-0.2, -0.15) is 0 Å². The van der Waals surface area contributed by atoms with Crippen LogP contribution in [0, 0.1) is 6.92 Å². The predicted molar refractivity (Wildman–Crippen MR) is 107 cm³/mol. The lowest BCUT2D eigenvalue weighted by molar-refractivity contribution is -0.116. The van der Waals surface area contributed by atoms with Crippen molar-refractivity contribution in [1.29, 1.82) is 0 Å². The highest BCUT2D eigenvalue weighted by molar-refractivity contribution is 5.83. The molecule has 0 saturated carbocycles. The number of aliphatic hydroxyl groups excluding tert-OH is 2. The maximum absolute atomic E-state index is 11.0. The van der Waals surface area contributed by atoms with Gasteiger partial charge in [-0.3, -0.25) is 4.79 Å². The number of rotatable bonds is 10. The van der Waals surface area contributed by atoms with Gasteiger partial charge in [0, 0.05) is 30.5 Å². The minimum atomic E-state index is -0.502. The fraction of sp³-hybridized carbons (Fsp3) is 0.316. The number of nitrogens with two attached hydrogens (primary N) is 1. The maximum Gasteiger partial charge on any atom is 0.236 e. The summed E-state index contributed by atoms with van der Waals surface area (Å²) < 4.78 is 0. The zero-order chi connectivity index (χ0) is 19.8. The molecule has 0 spiro atoms. The number of carbonyl (C=O) groups excluding carboxylic acids is 1. The number of phenolic OH excluding ortho intramolecular Hbond substituents is 1. The fourth-order valence-electron chi connectivity index (χ4n) is 2.65. The number of aryl methyl sites for hydroxylation is 1. The van der Waals surface area contributed by atoms with Crippen LogP contribution >= 0.6 is 0 Å². The molecule has 2 aromatic rings. The van der Waals surface area contributed by atoms with Crippen molar-refractivity contribution in [1.82, 2.24) is 0 Å². The minimum Gasteiger partial charge on any atom is -0.508 e. The second kappa shape index (κ2) is 9.65. The van der Waals surface area contributed by atoms with E-state index in [1.54, 1.807) is 19.1 Å². The molecule has 0 heterocycles. The van der Waals surface area contributed by atoms with E-state index < -0.39 is 5.91 Å². The number of benzene rings is 2. The van der Waals surface area contributed by atoms with Gasteiger partial charge < -0.3 is 36.6 Å². The summed E-state index contributed by atoms with van der Waals surface area (Å²) in [5, 5.41) is 34.4. The summed E-state index contributed by atoms with van der Waals surface area (Å²) in [6.07, 6.45) is 0. The molecule has 0 unspecified atom stereocenters. The Morgan fingerprint density at radius 1 is 1.07 bits per heavy atom. The summed E-state index contributed by atoms with van der Waals surface area (Å²) in [5.74, 6) is -0.384. The van der Waals surface area contributed by atoms with E-state index in [0.717, 1.165) is 11.4 Å². The van der Waals surface area contributed by atoms with Crippen molar-refractivity contribution < 1.29 is 20.1 Å². The van der Waals surface area contributed by atoms with E-state index >= 15 is 0 Å². The van der Waals surface area contributed by atoms with Gasteiger partial charge in [-0.25, -0.2) is 0 Å². The Hall–Kier alpha value is -2.97. The number of anilines is 4. The van der Waals surface area contributed by atoms with Crippen LogP contribution in [-0.4, -0.2) is 54.1 Å². The van der Waals surface area contributed by atoms with Crippen LogP contribution in [0.3, 0.4) is 0 Å². The van der Waals surface area contributed by atoms with Crippen LogP contribution < -0.4 is 21.3 Å². The number of nitrogens with one attached hydrogen (secondary N) is 2. The molecule has 2 aromatic carbocycles. The summed E-state index contributed by atoms with van der Waals surface area (Å²) in [5.41, 5.74) is 8.82. The van der Waals surface area contributed by atoms with Gasteiger partial charge in [-0.1, -0.05) is 0 Å². The van der Waals surface area contributed by atoms with Crippen molar-refractivity contribution in [3.05, 3.63) is 42.0 Å². The normalized spacial score (nSPS) is 10.5. The van der Waals surface area contributed by atoms with Crippen LogP contribution in [0.2, 0.25) is 0 Å². The number of nitrogens with zero attached hydrogens (tertiary/aromatic N) is 1. The van der Waals surface area contributed by atoms with Crippen molar-refractivity contribution in [2.45, 2.75) is 6.92 Å². The highest BCUT2D eigenvalue weighted by atomic mass is 16.3. The molecule has 146 valence electrons. The molecular weight excluding hydrogens is 348 g/mol. The van der Waals surface area contributed by atoms with Crippen LogP contribution in [0.4, 0.5) is 22.7 Å². The van der Waals surface area contributed by atoms with Crippen LogP contribution in [-0.2, 0) is 4.79 Å². The number of phenols is 1. The van der Waals surface area contributed by atoms with Gasteiger partial charge in [0.15, 0.2) is 0 Å². The second-order valence-corrected chi connectivity index (χ2v) is 6.11. The topological polar surface area (TPSA) is 131 Å². The van der Waals surface area contributed by atoms with E-state index in [9.17, 15) is 9.90 Å². The van der Waals surface area contributed by atoms with Gasteiger partial charge >= 0.3 is 0 Å². The molecule has 0 aliphatic carbocycles. The van der Waals surface area contributed by atoms with E-state index in [1.807, 2.05) is 29.2 Å². The molecule has 0 aromatic heterocycles. The third kappa shape index (κ3) is 5.77. The Labute approximate surface area is 158 Å². The molecule has 7 N–H and O–H groups in total. The number of aromatic hydroxyl groups is 1. The first-order valence-corrected chi connectivity index (χ1v) is 8.64. The number of aliphatic hydroxyl groups is 2. The lowest BCUT2D eigenvalue weighted by Gasteiger charge is -2.23. The summed E-state index contributed by atoms with van der Waals surface area (Å²) in [4.78, 5) is 12.9. The Kier molecular flexibility index (Phi) is 7.27. The van der Waals surface area contributed by atoms with Crippen molar-refractivity contribution in [3.8, 4) is 5.75 Å². The van der Waals surface area contributed by atoms with E-state index in [0.29, 0.717) is 30.0 Å². The molecular formula is C19H26N4O4. The smallest absolute Gasteiger partial charge is 0.236 e. The van der Waals surface area contributed by atoms with Crippen LogP contribution in [0.5, 0.6) is 5.75 Å². The predicted octanol–water partition coefficient (Wildman–Crippen LogP) is 1.13. The van der Waals surface area contributed by atoms with Gasteiger partial charge in [0.2, 0.25) is 5.91 Å². The minimum absolute atomic E-state index is 0.00167. The number of hydrogen-bond acceptors (Lipinski definition) is 7. The number of primary amides is 1. The van der Waals surface area contributed by atoms with Gasteiger partial charge in [0.25, 0.3) is 0 Å². The Balaban J connectivity index is 2.20. The lowest BCUT2D eigenvalue weighted by Crippen LogP contribution is -2.29. The second-order valence-electron chi connectivity index (χ2n) is 6.11. The maximum atomic E-state index is 11.0. The first-order valence-electron chi connectivity index (χ1n) is 8.64. The van der Waals surface area contributed by atoms with Crippen molar-refractivity contribution in [2.24, 2.45) is 5.73 Å². The molecule has 2 rings (SSSR count). The van der Waals surface area contributed by atoms with Crippen LogP contribution in [0.1, 0.15) is 5.56 Å². The standard InChI is InChI=1S/C19H26N4O4/c1-13-10-17(16(11-18(13)26)21-12-19(20)27)22-14-2-4-15(5-3-14)23(6-8-24)7-9-25/h2-5,10-11,21-22,24-26H,6-9,12H2,1H3,(H2,20,27). The molecule has 8 heteroatoms. The van der Waals surface area contributed by atoms with Gasteiger partial charge in [-0.15, -0.1) is 0 Å². The number of carbonyl (C=O) groups is 1. The van der Waals surface area contributed by atoms with Crippen LogP contribution in [0.25, 0.3) is 0 Å². The Morgan fingerprint density at radius 3 is 2.26 bits per heavy atom. The van der Waals surface area contributed by atoms with Crippen molar-refractivity contribution >= 4 is 28.7 Å². The fourth-order valence-corrected chi connectivity index (χ4v) is 2.65. The molecule has 27 heavy (non-hydrogen) atoms. The average molecular weight is 374 g/mol. The molecule has 0 aliphatic rings. The van der Waals surface area contributed by atoms with Gasteiger partial charge in [-0.05, 0) is 42.8 Å². The van der Waals surface area contributed by atoms with E-state index in [1.165, 1.54) is 0 Å². The lowest BCUT2D eigenvalue weighted by atomic mass is 10.1. The molecule has 1 amide bonds. The van der Waals surface area contributed by atoms with E-state index in [4.69, 9.17) is 15.9 Å².